The van der Waals surface area contributed by atoms with Crippen molar-refractivity contribution in [2.24, 2.45) is 11.8 Å². The maximum atomic E-state index is 13.8. The van der Waals surface area contributed by atoms with Crippen molar-refractivity contribution in [3.05, 3.63) is 71.6 Å². The molecule has 1 fully saturated rings. The molecule has 0 saturated heterocycles. The fraction of sp³-hybridized carbons (Fsp3) is 0.462. The lowest BCUT2D eigenvalue weighted by Crippen LogP contribution is -2.15. The number of aryl methyl sites for hydroxylation is 1. The van der Waals surface area contributed by atoms with E-state index < -0.39 is 17.6 Å². The summed E-state index contributed by atoms with van der Waals surface area (Å²) >= 11 is 0. The predicted octanol–water partition coefficient (Wildman–Crippen LogP) is 8.56. The molecule has 0 aromatic heterocycles. The topological polar surface area (TPSA) is 0 Å². The van der Waals surface area contributed by atoms with E-state index in [1.54, 1.807) is 6.08 Å². The molecule has 1 aliphatic carbocycles. The highest BCUT2D eigenvalue weighted by molar-refractivity contribution is 5.64. The number of hydrogen-bond donors (Lipinski definition) is 0. The maximum absolute atomic E-state index is 13.8. The van der Waals surface area contributed by atoms with E-state index in [-0.39, 0.29) is 6.67 Å². The van der Waals surface area contributed by atoms with Crippen LogP contribution < -0.4 is 0 Å². The molecule has 0 amide bonds. The van der Waals surface area contributed by atoms with Crippen LogP contribution in [0.25, 0.3) is 11.1 Å². The zero-order valence-corrected chi connectivity index (χ0v) is 17.6. The average Bonchev–Trinajstić information content (AvgIpc) is 2.75. The molecule has 0 atom stereocenters. The van der Waals surface area contributed by atoms with Gasteiger partial charge in [0.25, 0.3) is 0 Å². The van der Waals surface area contributed by atoms with Crippen LogP contribution in [0, 0.1) is 17.7 Å². The minimum Gasteiger partial charge on any atom is -0.247 e. The summed E-state index contributed by atoms with van der Waals surface area (Å²) in [6, 6.07) is 10.7. The van der Waals surface area contributed by atoms with Gasteiger partial charge < -0.3 is 0 Å². The van der Waals surface area contributed by atoms with Crippen LogP contribution in [-0.2, 0) is 12.6 Å². The molecule has 2 aromatic carbocycles. The number of halogens is 5. The first-order valence-corrected chi connectivity index (χ1v) is 11.0. The van der Waals surface area contributed by atoms with E-state index in [1.165, 1.54) is 37.3 Å². The van der Waals surface area contributed by atoms with Gasteiger partial charge in [-0.15, -0.1) is 0 Å². The Morgan fingerprint density at radius 1 is 0.806 bits per heavy atom. The molecule has 168 valence electrons. The zero-order chi connectivity index (χ0) is 22.3. The van der Waals surface area contributed by atoms with Crippen LogP contribution in [0.4, 0.5) is 22.0 Å². The Morgan fingerprint density at radius 2 is 1.42 bits per heavy atom. The maximum Gasteiger partial charge on any atom is 0.419 e. The van der Waals surface area contributed by atoms with Crippen LogP contribution in [0.3, 0.4) is 0 Å². The van der Waals surface area contributed by atoms with Crippen LogP contribution in [0.2, 0.25) is 0 Å². The molecule has 0 heterocycles. The largest absolute Gasteiger partial charge is 0.419 e. The average molecular weight is 437 g/mol. The van der Waals surface area contributed by atoms with Gasteiger partial charge in [-0.3, -0.25) is 0 Å². The van der Waals surface area contributed by atoms with E-state index in [2.05, 4.69) is 0 Å². The minimum atomic E-state index is -4.68. The smallest absolute Gasteiger partial charge is 0.247 e. The Kier molecular flexibility index (Phi) is 8.28. The molecule has 0 nitrogen and oxygen atoms in total. The minimum absolute atomic E-state index is 0.380. The van der Waals surface area contributed by atoms with Crippen molar-refractivity contribution in [3.8, 4) is 11.1 Å². The van der Waals surface area contributed by atoms with Gasteiger partial charge in [0.15, 0.2) is 0 Å². The summed E-state index contributed by atoms with van der Waals surface area (Å²) < 4.78 is 64.1. The van der Waals surface area contributed by atoms with Gasteiger partial charge in [-0.1, -0.05) is 68.2 Å². The predicted molar refractivity (Wildman–Crippen MR) is 115 cm³/mol. The highest BCUT2D eigenvalue weighted by Gasteiger charge is 2.33. The highest BCUT2D eigenvalue weighted by Crippen LogP contribution is 2.35. The van der Waals surface area contributed by atoms with Gasteiger partial charge in [0.05, 0.1) is 5.56 Å². The second-order valence-electron chi connectivity index (χ2n) is 8.52. The Labute approximate surface area is 181 Å². The molecule has 0 aliphatic heterocycles. The van der Waals surface area contributed by atoms with E-state index in [0.717, 1.165) is 49.7 Å². The van der Waals surface area contributed by atoms with Gasteiger partial charge in [0, 0.05) is 0 Å². The third-order valence-corrected chi connectivity index (χ3v) is 6.37. The van der Waals surface area contributed by atoms with Gasteiger partial charge in [-0.2, -0.15) is 13.2 Å². The number of rotatable bonds is 8. The molecule has 0 radical (unpaired) electrons. The van der Waals surface area contributed by atoms with Crippen LogP contribution in [0.1, 0.15) is 56.1 Å². The summed E-state index contributed by atoms with van der Waals surface area (Å²) in [6.45, 7) is -0.380. The monoisotopic (exact) mass is 436 g/mol. The van der Waals surface area contributed by atoms with E-state index in [0.29, 0.717) is 11.1 Å². The summed E-state index contributed by atoms with van der Waals surface area (Å²) in [7, 11) is 0. The van der Waals surface area contributed by atoms with Crippen molar-refractivity contribution >= 4 is 0 Å². The number of hydrogen-bond acceptors (Lipinski definition) is 0. The van der Waals surface area contributed by atoms with E-state index in [1.807, 2.05) is 30.3 Å². The van der Waals surface area contributed by atoms with Gasteiger partial charge in [-0.05, 0) is 66.3 Å². The first kappa shape index (κ1) is 23.5. The molecule has 31 heavy (non-hydrogen) atoms. The fourth-order valence-electron chi connectivity index (χ4n) is 4.48. The Balaban J connectivity index is 1.47. The SMILES string of the molecule is FCC=CCCC1CCC(CCc2ccc(-c3ccc(C(F)(F)F)c(F)c3)cc2)CC1. The first-order valence-electron chi connectivity index (χ1n) is 11.0. The zero-order valence-electron chi connectivity index (χ0n) is 17.6. The first-order chi connectivity index (χ1) is 14.9. The summed E-state index contributed by atoms with van der Waals surface area (Å²) in [6.07, 6.45) is 8.01. The van der Waals surface area contributed by atoms with Crippen molar-refractivity contribution in [3.63, 3.8) is 0 Å². The molecular formula is C26H29F5. The number of allylic oxidation sites excluding steroid dienone is 2. The third-order valence-electron chi connectivity index (χ3n) is 6.37. The Hall–Kier alpha value is -2.17. The summed E-state index contributed by atoms with van der Waals surface area (Å²) in [5.41, 5.74) is 1.10. The molecule has 3 rings (SSSR count). The van der Waals surface area contributed by atoms with E-state index in [9.17, 15) is 22.0 Å². The number of alkyl halides is 4. The van der Waals surface area contributed by atoms with E-state index >= 15 is 0 Å². The molecule has 0 bridgehead atoms. The second-order valence-corrected chi connectivity index (χ2v) is 8.52. The standard InChI is InChI=1S/C26H29F5/c27-17-3-1-2-4-19-5-7-20(8-6-19)9-10-21-11-13-22(14-12-21)23-15-16-24(25(28)18-23)26(29,30)31/h1,3,11-16,18-20H,2,4-10,17H2. The summed E-state index contributed by atoms with van der Waals surface area (Å²) in [5, 5.41) is 0. The Morgan fingerprint density at radius 3 is 2.00 bits per heavy atom. The van der Waals surface area contributed by atoms with Crippen molar-refractivity contribution in [1.29, 1.82) is 0 Å². The lowest BCUT2D eigenvalue weighted by atomic mass is 9.78. The third kappa shape index (κ3) is 6.91. The molecule has 1 saturated carbocycles. The van der Waals surface area contributed by atoms with Gasteiger partial charge in [0.1, 0.15) is 12.5 Å². The second kappa shape index (κ2) is 10.9. The van der Waals surface area contributed by atoms with Crippen LogP contribution >= 0.6 is 0 Å². The van der Waals surface area contributed by atoms with Crippen LogP contribution in [0.15, 0.2) is 54.6 Å². The number of benzene rings is 2. The van der Waals surface area contributed by atoms with Crippen LogP contribution in [-0.4, -0.2) is 6.67 Å². The molecular weight excluding hydrogens is 407 g/mol. The fourth-order valence-corrected chi connectivity index (χ4v) is 4.48. The molecule has 0 N–H and O–H groups in total. The molecule has 1 aliphatic rings. The van der Waals surface area contributed by atoms with Crippen LogP contribution in [0.5, 0.6) is 0 Å². The van der Waals surface area contributed by atoms with Crippen molar-refractivity contribution in [2.75, 3.05) is 6.67 Å². The van der Waals surface area contributed by atoms with Crippen molar-refractivity contribution in [1.82, 2.24) is 0 Å². The molecule has 0 unspecified atom stereocenters. The summed E-state index contributed by atoms with van der Waals surface area (Å²) in [5.74, 6) is 0.230. The van der Waals surface area contributed by atoms with Gasteiger partial charge in [0.2, 0.25) is 0 Å². The molecule has 5 heteroatoms. The quantitative estimate of drug-likeness (QED) is 0.287. The molecule has 2 aromatic rings. The van der Waals surface area contributed by atoms with E-state index in [4.69, 9.17) is 0 Å². The normalized spacial score (nSPS) is 19.8. The summed E-state index contributed by atoms with van der Waals surface area (Å²) in [4.78, 5) is 0. The molecule has 0 spiro atoms. The van der Waals surface area contributed by atoms with Crippen molar-refractivity contribution < 1.29 is 22.0 Å². The van der Waals surface area contributed by atoms with Gasteiger partial charge >= 0.3 is 6.18 Å². The lowest BCUT2D eigenvalue weighted by Gasteiger charge is -2.28. The lowest BCUT2D eigenvalue weighted by molar-refractivity contribution is -0.139. The van der Waals surface area contributed by atoms with Crippen molar-refractivity contribution in [2.45, 2.75) is 57.5 Å². The Bertz CT molecular complexity index is 843. The highest BCUT2D eigenvalue weighted by atomic mass is 19.4. The van der Waals surface area contributed by atoms with Gasteiger partial charge in [-0.25, -0.2) is 8.78 Å².